The number of thiophene rings is 1. The SMILES string of the molecule is Brc1ccc(CNCc2ncon2)s1. The molecule has 2 aromatic rings. The van der Waals surface area contributed by atoms with Crippen LogP contribution in [0, 0.1) is 0 Å². The van der Waals surface area contributed by atoms with Crippen molar-refractivity contribution in [2.75, 3.05) is 0 Å². The van der Waals surface area contributed by atoms with Crippen LogP contribution in [0.1, 0.15) is 10.7 Å². The highest BCUT2D eigenvalue weighted by Gasteiger charge is 1.99. The fourth-order valence-electron chi connectivity index (χ4n) is 1.01. The number of hydrogen-bond donors (Lipinski definition) is 1. The van der Waals surface area contributed by atoms with Crippen LogP contribution in [-0.4, -0.2) is 10.1 Å². The highest BCUT2D eigenvalue weighted by molar-refractivity contribution is 9.11. The molecule has 0 fully saturated rings. The molecule has 0 saturated carbocycles. The molecule has 0 spiro atoms. The first-order chi connectivity index (χ1) is 6.84. The van der Waals surface area contributed by atoms with Gasteiger partial charge in [0.15, 0.2) is 5.82 Å². The molecule has 0 saturated heterocycles. The van der Waals surface area contributed by atoms with Crippen molar-refractivity contribution in [1.82, 2.24) is 15.5 Å². The first-order valence-electron chi connectivity index (χ1n) is 4.05. The van der Waals surface area contributed by atoms with Crippen molar-refractivity contribution in [1.29, 1.82) is 0 Å². The van der Waals surface area contributed by atoms with Crippen LogP contribution in [0.4, 0.5) is 0 Å². The maximum Gasteiger partial charge on any atom is 0.213 e. The fourth-order valence-corrected chi connectivity index (χ4v) is 2.47. The van der Waals surface area contributed by atoms with Gasteiger partial charge in [-0.3, -0.25) is 0 Å². The van der Waals surface area contributed by atoms with E-state index in [-0.39, 0.29) is 0 Å². The van der Waals surface area contributed by atoms with Crippen LogP contribution < -0.4 is 5.32 Å². The average Bonchev–Trinajstić information content (AvgIpc) is 2.77. The van der Waals surface area contributed by atoms with Crippen molar-refractivity contribution in [2.45, 2.75) is 13.1 Å². The van der Waals surface area contributed by atoms with Crippen LogP contribution >= 0.6 is 27.3 Å². The van der Waals surface area contributed by atoms with E-state index in [0.717, 1.165) is 10.3 Å². The number of nitrogens with one attached hydrogen (secondary N) is 1. The summed E-state index contributed by atoms with van der Waals surface area (Å²) in [4.78, 5) is 5.18. The van der Waals surface area contributed by atoms with E-state index in [4.69, 9.17) is 0 Å². The van der Waals surface area contributed by atoms with Gasteiger partial charge in [0, 0.05) is 11.4 Å². The Morgan fingerprint density at radius 3 is 3.00 bits per heavy atom. The van der Waals surface area contributed by atoms with Gasteiger partial charge in [-0.25, -0.2) is 0 Å². The molecule has 0 atom stereocenters. The fraction of sp³-hybridized carbons (Fsp3) is 0.250. The van der Waals surface area contributed by atoms with Crippen LogP contribution in [0.2, 0.25) is 0 Å². The van der Waals surface area contributed by atoms with Crippen LogP contribution in [0.3, 0.4) is 0 Å². The molecule has 6 heteroatoms. The van der Waals surface area contributed by atoms with Gasteiger partial charge in [0.25, 0.3) is 0 Å². The Balaban J connectivity index is 1.78. The van der Waals surface area contributed by atoms with Crippen molar-refractivity contribution >= 4 is 27.3 Å². The summed E-state index contributed by atoms with van der Waals surface area (Å²) in [5.74, 6) is 0.681. The zero-order valence-electron chi connectivity index (χ0n) is 7.24. The summed E-state index contributed by atoms with van der Waals surface area (Å²) in [6.07, 6.45) is 1.33. The third-order valence-electron chi connectivity index (χ3n) is 1.62. The molecule has 0 aromatic carbocycles. The van der Waals surface area contributed by atoms with E-state index in [1.807, 2.05) is 6.07 Å². The lowest BCUT2D eigenvalue weighted by Gasteiger charge is -1.97. The van der Waals surface area contributed by atoms with Crippen molar-refractivity contribution < 1.29 is 4.52 Å². The molecule has 0 aliphatic carbocycles. The molecule has 14 heavy (non-hydrogen) atoms. The second kappa shape index (κ2) is 4.68. The van der Waals surface area contributed by atoms with E-state index in [9.17, 15) is 0 Å². The van der Waals surface area contributed by atoms with Gasteiger partial charge in [-0.15, -0.1) is 11.3 Å². The molecule has 2 rings (SSSR count). The maximum absolute atomic E-state index is 4.62. The number of aromatic nitrogens is 2. The topological polar surface area (TPSA) is 51.0 Å². The Hall–Kier alpha value is -0.720. The predicted molar refractivity (Wildman–Crippen MR) is 56.9 cm³/mol. The van der Waals surface area contributed by atoms with Gasteiger partial charge >= 0.3 is 0 Å². The normalized spacial score (nSPS) is 10.6. The molecule has 0 aliphatic heterocycles. The lowest BCUT2D eigenvalue weighted by molar-refractivity contribution is 0.407. The molecular formula is C8H8BrN3OS. The molecule has 4 nitrogen and oxygen atoms in total. The number of halogens is 1. The minimum Gasteiger partial charge on any atom is -0.343 e. The Morgan fingerprint density at radius 2 is 2.36 bits per heavy atom. The molecule has 2 aromatic heterocycles. The first-order valence-corrected chi connectivity index (χ1v) is 5.66. The summed E-state index contributed by atoms with van der Waals surface area (Å²) in [6.45, 7) is 1.46. The van der Waals surface area contributed by atoms with Crippen LogP contribution in [0.25, 0.3) is 0 Å². The molecule has 0 amide bonds. The molecule has 0 bridgehead atoms. The Kier molecular flexibility index (Phi) is 3.28. The van der Waals surface area contributed by atoms with Gasteiger partial charge < -0.3 is 9.84 Å². The Morgan fingerprint density at radius 1 is 1.43 bits per heavy atom. The van der Waals surface area contributed by atoms with Crippen molar-refractivity contribution in [3.8, 4) is 0 Å². The monoisotopic (exact) mass is 273 g/mol. The summed E-state index contributed by atoms with van der Waals surface area (Å²) in [7, 11) is 0. The third kappa shape index (κ3) is 2.63. The Bertz CT molecular complexity index is 387. The minimum absolute atomic E-state index is 0.631. The summed E-state index contributed by atoms with van der Waals surface area (Å²) in [6, 6.07) is 4.12. The highest BCUT2D eigenvalue weighted by Crippen LogP contribution is 2.21. The van der Waals surface area contributed by atoms with Crippen LogP contribution in [-0.2, 0) is 13.1 Å². The molecular weight excluding hydrogens is 266 g/mol. The van der Waals surface area contributed by atoms with Gasteiger partial charge in [-0.05, 0) is 28.1 Å². The van der Waals surface area contributed by atoms with Gasteiger partial charge in [0.1, 0.15) is 0 Å². The molecule has 74 valence electrons. The minimum atomic E-state index is 0.631. The lowest BCUT2D eigenvalue weighted by atomic mass is 10.4. The second-order valence-corrected chi connectivity index (χ2v) is 5.20. The molecule has 1 N–H and O–H groups in total. The van der Waals surface area contributed by atoms with E-state index in [1.165, 1.54) is 11.3 Å². The van der Waals surface area contributed by atoms with Crippen molar-refractivity contribution in [3.63, 3.8) is 0 Å². The summed E-state index contributed by atoms with van der Waals surface area (Å²) < 4.78 is 5.76. The van der Waals surface area contributed by atoms with E-state index in [0.29, 0.717) is 12.4 Å². The third-order valence-corrected chi connectivity index (χ3v) is 3.24. The van der Waals surface area contributed by atoms with Gasteiger partial charge in [-0.2, -0.15) is 4.98 Å². The van der Waals surface area contributed by atoms with E-state index in [2.05, 4.69) is 42.0 Å². The van der Waals surface area contributed by atoms with E-state index >= 15 is 0 Å². The van der Waals surface area contributed by atoms with Crippen LogP contribution in [0.15, 0.2) is 26.8 Å². The zero-order valence-corrected chi connectivity index (χ0v) is 9.64. The number of rotatable bonds is 4. The summed E-state index contributed by atoms with van der Waals surface area (Å²) >= 11 is 5.13. The smallest absolute Gasteiger partial charge is 0.213 e. The quantitative estimate of drug-likeness (QED) is 0.928. The van der Waals surface area contributed by atoms with Gasteiger partial charge in [-0.1, -0.05) is 5.16 Å². The van der Waals surface area contributed by atoms with Crippen LogP contribution in [0.5, 0.6) is 0 Å². The van der Waals surface area contributed by atoms with Gasteiger partial charge in [0.2, 0.25) is 6.39 Å². The number of hydrogen-bond acceptors (Lipinski definition) is 5. The highest BCUT2D eigenvalue weighted by atomic mass is 79.9. The largest absolute Gasteiger partial charge is 0.343 e. The lowest BCUT2D eigenvalue weighted by Crippen LogP contribution is -2.12. The van der Waals surface area contributed by atoms with Gasteiger partial charge in [0.05, 0.1) is 10.3 Å². The summed E-state index contributed by atoms with van der Waals surface area (Å²) in [5, 5.41) is 6.92. The maximum atomic E-state index is 4.62. The van der Waals surface area contributed by atoms with Crippen molar-refractivity contribution in [3.05, 3.63) is 33.0 Å². The molecule has 0 radical (unpaired) electrons. The molecule has 0 aliphatic rings. The number of nitrogens with zero attached hydrogens (tertiary/aromatic N) is 2. The van der Waals surface area contributed by atoms with Crippen molar-refractivity contribution in [2.24, 2.45) is 0 Å². The molecule has 0 unspecified atom stereocenters. The second-order valence-electron chi connectivity index (χ2n) is 2.66. The van der Waals surface area contributed by atoms with E-state index in [1.54, 1.807) is 11.3 Å². The predicted octanol–water partition coefficient (Wildman–Crippen LogP) is 2.18. The first kappa shape index (κ1) is 9.82. The summed E-state index contributed by atoms with van der Waals surface area (Å²) in [5.41, 5.74) is 0. The Labute approximate surface area is 93.5 Å². The van der Waals surface area contributed by atoms with E-state index < -0.39 is 0 Å². The zero-order chi connectivity index (χ0) is 9.80. The molecule has 2 heterocycles. The standard InChI is InChI=1S/C8H8BrN3OS/c9-7-2-1-6(14-7)3-10-4-8-11-5-13-12-8/h1-2,5,10H,3-4H2. The average molecular weight is 274 g/mol.